The number of carbonyl (C=O) groups is 2. The van der Waals surface area contributed by atoms with Crippen molar-refractivity contribution in [3.63, 3.8) is 0 Å². The molecule has 1 aliphatic heterocycles. The highest BCUT2D eigenvalue weighted by Gasteiger charge is 2.32. The van der Waals surface area contributed by atoms with Crippen LogP contribution < -0.4 is 0 Å². The van der Waals surface area contributed by atoms with E-state index in [1.807, 2.05) is 41.8 Å². The molecule has 3 rings (SSSR count). The maximum atomic E-state index is 12.4. The third-order valence-corrected chi connectivity index (χ3v) is 4.63. The van der Waals surface area contributed by atoms with Gasteiger partial charge >= 0.3 is 5.97 Å². The molecule has 4 nitrogen and oxygen atoms in total. The maximum absolute atomic E-state index is 12.4. The molecule has 1 aliphatic rings. The van der Waals surface area contributed by atoms with Crippen LogP contribution in [0.3, 0.4) is 0 Å². The second-order valence-corrected chi connectivity index (χ2v) is 6.15. The first-order chi connectivity index (χ1) is 10.1. The van der Waals surface area contributed by atoms with Crippen LogP contribution in [0.5, 0.6) is 0 Å². The number of carboxylic acid groups (broad SMARTS) is 1. The largest absolute Gasteiger partial charge is 0.481 e. The highest BCUT2D eigenvalue weighted by Crippen LogP contribution is 2.29. The van der Waals surface area contributed by atoms with Crippen LogP contribution in [-0.2, 0) is 22.6 Å². The summed E-state index contributed by atoms with van der Waals surface area (Å²) in [5.74, 6) is -1.53. The molecule has 2 heterocycles. The predicted octanol–water partition coefficient (Wildman–Crippen LogP) is 2.50. The lowest BCUT2D eigenvalue weighted by Gasteiger charge is -2.32. The van der Waals surface area contributed by atoms with Gasteiger partial charge in [-0.3, -0.25) is 9.59 Å². The van der Waals surface area contributed by atoms with E-state index < -0.39 is 11.9 Å². The monoisotopic (exact) mass is 301 g/mol. The molecular weight excluding hydrogens is 286 g/mol. The van der Waals surface area contributed by atoms with Crippen LogP contribution in [0.2, 0.25) is 0 Å². The SMILES string of the molecule is O=C(O)C1CN(C(=O)Cc2cccs2)Cc2ccccc21. The number of amides is 1. The zero-order valence-electron chi connectivity index (χ0n) is 11.4. The first kappa shape index (κ1) is 13.8. The quantitative estimate of drug-likeness (QED) is 0.947. The van der Waals surface area contributed by atoms with Crippen molar-refractivity contribution >= 4 is 23.2 Å². The first-order valence-electron chi connectivity index (χ1n) is 6.76. The van der Waals surface area contributed by atoms with E-state index in [1.165, 1.54) is 0 Å². The number of hydrogen-bond acceptors (Lipinski definition) is 3. The zero-order valence-corrected chi connectivity index (χ0v) is 12.2. The Balaban J connectivity index is 1.82. The molecule has 2 aromatic rings. The molecule has 108 valence electrons. The van der Waals surface area contributed by atoms with Crippen molar-refractivity contribution in [3.05, 3.63) is 57.8 Å². The number of thiophene rings is 1. The lowest BCUT2D eigenvalue weighted by molar-refractivity contribution is -0.141. The number of rotatable bonds is 3. The summed E-state index contributed by atoms with van der Waals surface area (Å²) in [7, 11) is 0. The van der Waals surface area contributed by atoms with Gasteiger partial charge in [-0.05, 0) is 22.6 Å². The van der Waals surface area contributed by atoms with Crippen molar-refractivity contribution < 1.29 is 14.7 Å². The van der Waals surface area contributed by atoms with Gasteiger partial charge in [0, 0.05) is 18.0 Å². The Morgan fingerprint density at radius 3 is 2.76 bits per heavy atom. The predicted molar refractivity (Wildman–Crippen MR) is 80.3 cm³/mol. The number of nitrogens with zero attached hydrogens (tertiary/aromatic N) is 1. The molecule has 0 aliphatic carbocycles. The minimum Gasteiger partial charge on any atom is -0.481 e. The molecule has 0 saturated carbocycles. The summed E-state index contributed by atoms with van der Waals surface area (Å²) in [6.07, 6.45) is 0.339. The fourth-order valence-electron chi connectivity index (χ4n) is 2.68. The second-order valence-electron chi connectivity index (χ2n) is 5.12. The van der Waals surface area contributed by atoms with Crippen molar-refractivity contribution in [2.75, 3.05) is 6.54 Å². The van der Waals surface area contributed by atoms with Gasteiger partial charge in [0.15, 0.2) is 0 Å². The van der Waals surface area contributed by atoms with Gasteiger partial charge in [0.1, 0.15) is 0 Å². The topological polar surface area (TPSA) is 57.6 Å². The van der Waals surface area contributed by atoms with Gasteiger partial charge in [0.2, 0.25) is 5.91 Å². The summed E-state index contributed by atoms with van der Waals surface area (Å²) in [6, 6.07) is 11.3. The van der Waals surface area contributed by atoms with E-state index in [9.17, 15) is 14.7 Å². The lowest BCUT2D eigenvalue weighted by atomic mass is 9.89. The van der Waals surface area contributed by atoms with E-state index in [4.69, 9.17) is 0 Å². The molecule has 1 unspecified atom stereocenters. The Morgan fingerprint density at radius 1 is 1.24 bits per heavy atom. The fraction of sp³-hybridized carbons (Fsp3) is 0.250. The summed E-state index contributed by atoms with van der Waals surface area (Å²) < 4.78 is 0. The van der Waals surface area contributed by atoms with Crippen LogP contribution in [0, 0.1) is 0 Å². The number of fused-ring (bicyclic) bond motifs is 1. The molecule has 0 bridgehead atoms. The molecule has 0 spiro atoms. The molecule has 21 heavy (non-hydrogen) atoms. The lowest BCUT2D eigenvalue weighted by Crippen LogP contribution is -2.41. The average molecular weight is 301 g/mol. The van der Waals surface area contributed by atoms with Crippen LogP contribution in [0.15, 0.2) is 41.8 Å². The number of carboxylic acids is 1. The molecule has 0 saturated heterocycles. The zero-order chi connectivity index (χ0) is 14.8. The first-order valence-corrected chi connectivity index (χ1v) is 7.64. The van der Waals surface area contributed by atoms with Crippen LogP contribution >= 0.6 is 11.3 Å². The van der Waals surface area contributed by atoms with E-state index in [1.54, 1.807) is 16.2 Å². The van der Waals surface area contributed by atoms with E-state index in [0.29, 0.717) is 13.0 Å². The smallest absolute Gasteiger partial charge is 0.312 e. The van der Waals surface area contributed by atoms with Crippen molar-refractivity contribution in [1.29, 1.82) is 0 Å². The summed E-state index contributed by atoms with van der Waals surface area (Å²) in [5.41, 5.74) is 1.75. The van der Waals surface area contributed by atoms with E-state index in [0.717, 1.165) is 16.0 Å². The summed E-state index contributed by atoms with van der Waals surface area (Å²) >= 11 is 1.54. The van der Waals surface area contributed by atoms with Gasteiger partial charge in [0.05, 0.1) is 12.3 Å². The summed E-state index contributed by atoms with van der Waals surface area (Å²) in [6.45, 7) is 0.737. The van der Waals surface area contributed by atoms with Crippen molar-refractivity contribution in [2.24, 2.45) is 0 Å². The highest BCUT2D eigenvalue weighted by atomic mass is 32.1. The van der Waals surface area contributed by atoms with Crippen LogP contribution in [0.1, 0.15) is 21.9 Å². The van der Waals surface area contributed by atoms with Crippen LogP contribution in [0.25, 0.3) is 0 Å². The van der Waals surface area contributed by atoms with Crippen LogP contribution in [0.4, 0.5) is 0 Å². The molecule has 5 heteroatoms. The van der Waals surface area contributed by atoms with Gasteiger partial charge in [-0.2, -0.15) is 0 Å². The van der Waals surface area contributed by atoms with Crippen molar-refractivity contribution in [2.45, 2.75) is 18.9 Å². The number of benzene rings is 1. The Bertz CT molecular complexity index is 666. The highest BCUT2D eigenvalue weighted by molar-refractivity contribution is 7.10. The van der Waals surface area contributed by atoms with Gasteiger partial charge in [-0.15, -0.1) is 11.3 Å². The minimum atomic E-state index is -0.879. The van der Waals surface area contributed by atoms with Gasteiger partial charge in [-0.1, -0.05) is 30.3 Å². The molecule has 1 amide bonds. The Kier molecular flexibility index (Phi) is 3.75. The Labute approximate surface area is 126 Å². The van der Waals surface area contributed by atoms with E-state index in [2.05, 4.69) is 0 Å². The average Bonchev–Trinajstić information content (AvgIpc) is 2.98. The molecule has 1 aromatic heterocycles. The molecule has 1 aromatic carbocycles. The summed E-state index contributed by atoms with van der Waals surface area (Å²) in [5, 5.41) is 11.3. The molecule has 0 radical (unpaired) electrons. The fourth-order valence-corrected chi connectivity index (χ4v) is 3.38. The van der Waals surface area contributed by atoms with E-state index in [-0.39, 0.29) is 12.5 Å². The molecular formula is C16H15NO3S. The summed E-state index contributed by atoms with van der Waals surface area (Å²) in [4.78, 5) is 26.5. The van der Waals surface area contributed by atoms with Crippen molar-refractivity contribution in [1.82, 2.24) is 4.90 Å². The molecule has 0 fully saturated rings. The molecule has 1 atom stereocenters. The third-order valence-electron chi connectivity index (χ3n) is 3.75. The van der Waals surface area contributed by atoms with Gasteiger partial charge in [0.25, 0.3) is 0 Å². The molecule has 1 N–H and O–H groups in total. The maximum Gasteiger partial charge on any atom is 0.312 e. The Morgan fingerprint density at radius 2 is 2.05 bits per heavy atom. The van der Waals surface area contributed by atoms with E-state index >= 15 is 0 Å². The van der Waals surface area contributed by atoms with Crippen molar-refractivity contribution in [3.8, 4) is 0 Å². The minimum absolute atomic E-state index is 0.0156. The second kappa shape index (κ2) is 5.69. The van der Waals surface area contributed by atoms with Gasteiger partial charge in [-0.25, -0.2) is 0 Å². The normalized spacial score (nSPS) is 17.3. The van der Waals surface area contributed by atoms with Gasteiger partial charge < -0.3 is 10.0 Å². The number of carbonyl (C=O) groups excluding carboxylic acids is 1. The Hall–Kier alpha value is -2.14. The third kappa shape index (κ3) is 2.83. The number of aliphatic carboxylic acids is 1. The van der Waals surface area contributed by atoms with Crippen LogP contribution in [-0.4, -0.2) is 28.4 Å². The number of hydrogen-bond donors (Lipinski definition) is 1. The standard InChI is InChI=1S/C16H15NO3S/c18-15(8-12-5-3-7-21-12)17-9-11-4-1-2-6-13(11)14(10-17)16(19)20/h1-7,14H,8-10H2,(H,19,20).